The molecule has 0 radical (unpaired) electrons. The van der Waals surface area contributed by atoms with E-state index in [9.17, 15) is 4.79 Å². The minimum Gasteiger partial charge on any atom is -0.345 e. The van der Waals surface area contributed by atoms with E-state index in [0.29, 0.717) is 10.8 Å². The largest absolute Gasteiger partial charge is 0.345 e. The summed E-state index contributed by atoms with van der Waals surface area (Å²) in [4.78, 5) is 18.6. The van der Waals surface area contributed by atoms with Crippen LogP contribution in [0.4, 0.5) is 0 Å². The van der Waals surface area contributed by atoms with Crippen molar-refractivity contribution < 1.29 is 4.79 Å². The molecule has 3 aromatic heterocycles. The zero-order valence-corrected chi connectivity index (χ0v) is 17.8. The van der Waals surface area contributed by atoms with Crippen molar-refractivity contribution in [3.8, 4) is 5.69 Å². The Morgan fingerprint density at radius 3 is 2.62 bits per heavy atom. The van der Waals surface area contributed by atoms with Gasteiger partial charge in [-0.1, -0.05) is 26.0 Å². The van der Waals surface area contributed by atoms with Crippen LogP contribution < -0.4 is 5.32 Å². The number of aryl methyl sites for hydroxylation is 1. The molecule has 0 saturated heterocycles. The fourth-order valence-electron chi connectivity index (χ4n) is 3.30. The highest BCUT2D eigenvalue weighted by Crippen LogP contribution is 2.29. The van der Waals surface area contributed by atoms with Gasteiger partial charge < -0.3 is 5.32 Å². The van der Waals surface area contributed by atoms with Crippen LogP contribution in [0.25, 0.3) is 15.9 Å². The molecular weight excluding hydrogens is 384 g/mol. The molecule has 1 amide bonds. The SMILES string of the molecule is Cc1nn(CC(C)C)c2sc(C(=O)N[C@@H](C)c3ccc(-n4cncn4)cc3)cc12. The van der Waals surface area contributed by atoms with Crippen molar-refractivity contribution in [1.82, 2.24) is 29.9 Å². The third-order valence-electron chi connectivity index (χ3n) is 4.79. The maximum Gasteiger partial charge on any atom is 0.261 e. The van der Waals surface area contributed by atoms with Crippen LogP contribution in [0.1, 0.15) is 47.7 Å². The van der Waals surface area contributed by atoms with Gasteiger partial charge in [0.25, 0.3) is 5.91 Å². The lowest BCUT2D eigenvalue weighted by atomic mass is 10.1. The number of rotatable bonds is 6. The number of amides is 1. The van der Waals surface area contributed by atoms with Gasteiger partial charge in [-0.3, -0.25) is 9.48 Å². The third kappa shape index (κ3) is 3.93. The molecule has 3 heterocycles. The number of fused-ring (bicyclic) bond motifs is 1. The quantitative estimate of drug-likeness (QED) is 0.520. The van der Waals surface area contributed by atoms with Gasteiger partial charge in [-0.15, -0.1) is 11.3 Å². The number of carbonyl (C=O) groups is 1. The predicted octanol–water partition coefficient (Wildman–Crippen LogP) is 4.13. The Kier molecular flexibility index (Phi) is 5.19. The van der Waals surface area contributed by atoms with Gasteiger partial charge in [0, 0.05) is 11.9 Å². The Morgan fingerprint density at radius 2 is 1.97 bits per heavy atom. The Hall–Kier alpha value is -3.00. The van der Waals surface area contributed by atoms with Gasteiger partial charge in [0.15, 0.2) is 0 Å². The van der Waals surface area contributed by atoms with Crippen molar-refractivity contribution in [3.63, 3.8) is 0 Å². The summed E-state index contributed by atoms with van der Waals surface area (Å²) in [5.41, 5.74) is 2.93. The summed E-state index contributed by atoms with van der Waals surface area (Å²) in [5.74, 6) is 0.437. The van der Waals surface area contributed by atoms with E-state index in [1.807, 2.05) is 48.9 Å². The molecule has 0 aliphatic rings. The molecule has 0 fully saturated rings. The lowest BCUT2D eigenvalue weighted by Gasteiger charge is -2.14. The molecular formula is C21H24N6OS. The number of carbonyl (C=O) groups excluding carboxylic acids is 1. The number of nitrogens with one attached hydrogen (secondary N) is 1. The number of hydrogen-bond donors (Lipinski definition) is 1. The van der Waals surface area contributed by atoms with E-state index in [2.05, 4.69) is 34.3 Å². The van der Waals surface area contributed by atoms with Gasteiger partial charge in [-0.2, -0.15) is 10.2 Å². The maximum absolute atomic E-state index is 12.8. The fourth-order valence-corrected chi connectivity index (χ4v) is 4.38. The number of benzene rings is 1. The van der Waals surface area contributed by atoms with E-state index in [1.54, 1.807) is 11.0 Å². The monoisotopic (exact) mass is 408 g/mol. The highest BCUT2D eigenvalue weighted by atomic mass is 32.1. The molecule has 4 aromatic rings. The summed E-state index contributed by atoms with van der Waals surface area (Å²) < 4.78 is 3.72. The van der Waals surface area contributed by atoms with Crippen LogP contribution >= 0.6 is 11.3 Å². The van der Waals surface area contributed by atoms with Gasteiger partial charge in [0.1, 0.15) is 17.5 Å². The molecule has 150 valence electrons. The van der Waals surface area contributed by atoms with E-state index in [-0.39, 0.29) is 11.9 Å². The van der Waals surface area contributed by atoms with Crippen LogP contribution in [0.3, 0.4) is 0 Å². The first kappa shape index (κ1) is 19.3. The molecule has 0 bridgehead atoms. The predicted molar refractivity (Wildman–Crippen MR) is 114 cm³/mol. The fraction of sp³-hybridized carbons (Fsp3) is 0.333. The molecule has 1 N–H and O–H groups in total. The third-order valence-corrected chi connectivity index (χ3v) is 5.94. The standard InChI is InChI=1S/C21H24N6OS/c1-13(2)10-26-21-18(15(4)25-26)9-19(29-21)20(28)24-14(3)16-5-7-17(8-6-16)27-12-22-11-23-27/h5-9,11-14H,10H2,1-4H3,(H,24,28)/t14-/m0/s1. The van der Waals surface area contributed by atoms with Crippen molar-refractivity contribution in [2.45, 2.75) is 40.3 Å². The molecule has 0 aliphatic carbocycles. The zero-order chi connectivity index (χ0) is 20.5. The van der Waals surface area contributed by atoms with Crippen LogP contribution in [0, 0.1) is 12.8 Å². The summed E-state index contributed by atoms with van der Waals surface area (Å²) >= 11 is 1.50. The van der Waals surface area contributed by atoms with Crippen molar-refractivity contribution in [3.05, 3.63) is 59.1 Å². The smallest absolute Gasteiger partial charge is 0.261 e. The molecule has 0 saturated carbocycles. The molecule has 8 heteroatoms. The number of nitrogens with zero attached hydrogens (tertiary/aromatic N) is 5. The maximum atomic E-state index is 12.8. The second-order valence-corrected chi connectivity index (χ2v) is 8.65. The average Bonchev–Trinajstić information content (AvgIpc) is 3.41. The summed E-state index contributed by atoms with van der Waals surface area (Å²) in [7, 11) is 0. The minimum absolute atomic E-state index is 0.0606. The number of aromatic nitrogens is 5. The molecule has 29 heavy (non-hydrogen) atoms. The van der Waals surface area contributed by atoms with E-state index in [0.717, 1.165) is 33.7 Å². The molecule has 1 aromatic carbocycles. The van der Waals surface area contributed by atoms with Gasteiger partial charge in [-0.25, -0.2) is 9.67 Å². The van der Waals surface area contributed by atoms with Gasteiger partial charge in [0.2, 0.25) is 0 Å². The van der Waals surface area contributed by atoms with E-state index in [4.69, 9.17) is 0 Å². The van der Waals surface area contributed by atoms with Crippen molar-refractivity contribution in [2.75, 3.05) is 0 Å². The second kappa shape index (κ2) is 7.79. The molecule has 0 unspecified atom stereocenters. The van der Waals surface area contributed by atoms with Crippen LogP contribution in [-0.4, -0.2) is 30.5 Å². The second-order valence-electron chi connectivity index (χ2n) is 7.62. The highest BCUT2D eigenvalue weighted by Gasteiger charge is 2.18. The van der Waals surface area contributed by atoms with E-state index >= 15 is 0 Å². The van der Waals surface area contributed by atoms with Crippen LogP contribution in [0.15, 0.2) is 43.0 Å². The van der Waals surface area contributed by atoms with Gasteiger partial charge in [-0.05, 0) is 43.5 Å². The summed E-state index contributed by atoms with van der Waals surface area (Å²) in [6, 6.07) is 9.78. The van der Waals surface area contributed by atoms with Crippen molar-refractivity contribution in [1.29, 1.82) is 0 Å². The minimum atomic E-state index is -0.106. The van der Waals surface area contributed by atoms with Crippen molar-refractivity contribution >= 4 is 27.5 Å². The van der Waals surface area contributed by atoms with Crippen molar-refractivity contribution in [2.24, 2.45) is 5.92 Å². The van der Waals surface area contributed by atoms with E-state index < -0.39 is 0 Å². The average molecular weight is 409 g/mol. The van der Waals surface area contributed by atoms with Gasteiger partial charge >= 0.3 is 0 Å². The topological polar surface area (TPSA) is 77.6 Å². The first-order chi connectivity index (χ1) is 13.9. The van der Waals surface area contributed by atoms with E-state index in [1.165, 1.54) is 17.7 Å². The Balaban J connectivity index is 1.50. The molecule has 7 nitrogen and oxygen atoms in total. The highest BCUT2D eigenvalue weighted by molar-refractivity contribution is 7.20. The summed E-state index contributed by atoms with van der Waals surface area (Å²) in [6.07, 6.45) is 3.16. The van der Waals surface area contributed by atoms with Crippen LogP contribution in [-0.2, 0) is 6.54 Å². The summed E-state index contributed by atoms with van der Waals surface area (Å²) in [6.45, 7) is 9.16. The lowest BCUT2D eigenvalue weighted by Crippen LogP contribution is -2.25. The Morgan fingerprint density at radius 1 is 1.21 bits per heavy atom. The molecule has 4 rings (SSSR count). The first-order valence-corrected chi connectivity index (χ1v) is 10.5. The first-order valence-electron chi connectivity index (χ1n) is 9.65. The summed E-state index contributed by atoms with van der Waals surface area (Å²) in [5, 5.41) is 12.9. The number of thiophene rings is 1. The zero-order valence-electron chi connectivity index (χ0n) is 17.0. The van der Waals surface area contributed by atoms with Gasteiger partial charge in [0.05, 0.1) is 22.3 Å². The lowest BCUT2D eigenvalue weighted by molar-refractivity contribution is 0.0944. The molecule has 0 spiro atoms. The Bertz CT molecular complexity index is 1120. The molecule has 1 atom stereocenters. The number of hydrogen-bond acceptors (Lipinski definition) is 5. The molecule has 0 aliphatic heterocycles. The Labute approximate surface area is 173 Å². The normalized spacial score (nSPS) is 12.6. The van der Waals surface area contributed by atoms with Crippen LogP contribution in [0.2, 0.25) is 0 Å². The van der Waals surface area contributed by atoms with Crippen LogP contribution in [0.5, 0.6) is 0 Å².